The summed E-state index contributed by atoms with van der Waals surface area (Å²) in [5.74, 6) is -1.02. The zero-order valence-electron chi connectivity index (χ0n) is 17.0. The predicted molar refractivity (Wildman–Crippen MR) is 114 cm³/mol. The van der Waals surface area contributed by atoms with Crippen molar-refractivity contribution in [3.8, 4) is 0 Å². The Bertz CT molecular complexity index is 936. The smallest absolute Gasteiger partial charge is 0.243 e. The van der Waals surface area contributed by atoms with Crippen molar-refractivity contribution in [1.82, 2.24) is 9.62 Å². The van der Waals surface area contributed by atoms with Gasteiger partial charge in [-0.25, -0.2) is 12.8 Å². The summed E-state index contributed by atoms with van der Waals surface area (Å²) in [4.78, 5) is 12.4. The molecule has 2 aromatic rings. The number of halogens is 2. The van der Waals surface area contributed by atoms with Crippen LogP contribution in [0.1, 0.15) is 25.8 Å². The molecule has 0 bridgehead atoms. The van der Waals surface area contributed by atoms with Crippen LogP contribution in [0, 0.1) is 5.82 Å². The first-order valence-corrected chi connectivity index (χ1v) is 11.4. The fourth-order valence-electron chi connectivity index (χ4n) is 2.63. The Hall–Kier alpha value is -2.00. The summed E-state index contributed by atoms with van der Waals surface area (Å²) in [6.07, 6.45) is 0.697. The van der Waals surface area contributed by atoms with Crippen molar-refractivity contribution in [1.29, 1.82) is 0 Å². The van der Waals surface area contributed by atoms with Gasteiger partial charge in [0.05, 0.1) is 17.5 Å². The number of nitrogens with one attached hydrogen (secondary N) is 1. The SMILES string of the molecule is CC(C)OCCCNC(=O)CN(Cc1ccccc1F)S(=O)(=O)c1ccc(Cl)cc1. The molecule has 6 nitrogen and oxygen atoms in total. The monoisotopic (exact) mass is 456 g/mol. The number of ether oxygens (including phenoxy) is 1. The third-order valence-corrected chi connectivity index (χ3v) is 6.23. The molecule has 0 aliphatic rings. The van der Waals surface area contributed by atoms with E-state index in [0.29, 0.717) is 24.6 Å². The molecule has 2 aromatic carbocycles. The third kappa shape index (κ3) is 7.36. The quantitative estimate of drug-likeness (QED) is 0.524. The van der Waals surface area contributed by atoms with Crippen molar-refractivity contribution in [2.24, 2.45) is 0 Å². The van der Waals surface area contributed by atoms with Crippen LogP contribution in [0.4, 0.5) is 4.39 Å². The predicted octanol–water partition coefficient (Wildman–Crippen LogP) is 3.60. The molecular formula is C21H26ClFN2O4S. The number of nitrogens with zero attached hydrogens (tertiary/aromatic N) is 1. The first-order chi connectivity index (χ1) is 14.2. The minimum absolute atomic E-state index is 0.0265. The van der Waals surface area contributed by atoms with Gasteiger partial charge in [0.25, 0.3) is 0 Å². The molecule has 0 atom stereocenters. The van der Waals surface area contributed by atoms with E-state index < -0.39 is 28.3 Å². The maximum Gasteiger partial charge on any atom is 0.243 e. The van der Waals surface area contributed by atoms with Crippen LogP contribution in [-0.2, 0) is 26.1 Å². The number of hydrogen-bond acceptors (Lipinski definition) is 4. The Balaban J connectivity index is 2.14. The van der Waals surface area contributed by atoms with Crippen molar-refractivity contribution in [2.75, 3.05) is 19.7 Å². The topological polar surface area (TPSA) is 75.7 Å². The Kier molecular flexibility index (Phi) is 9.23. The molecule has 0 saturated heterocycles. The van der Waals surface area contributed by atoms with Crippen molar-refractivity contribution in [2.45, 2.75) is 37.8 Å². The molecule has 0 aromatic heterocycles. The second-order valence-corrected chi connectivity index (χ2v) is 9.32. The lowest BCUT2D eigenvalue weighted by Crippen LogP contribution is -2.40. The van der Waals surface area contributed by atoms with Crippen LogP contribution in [0.5, 0.6) is 0 Å². The summed E-state index contributed by atoms with van der Waals surface area (Å²) in [6.45, 7) is 3.95. The Labute approximate surface area is 182 Å². The van der Waals surface area contributed by atoms with Gasteiger partial charge in [0.15, 0.2) is 0 Å². The van der Waals surface area contributed by atoms with E-state index in [1.807, 2.05) is 13.8 Å². The fourth-order valence-corrected chi connectivity index (χ4v) is 4.13. The maximum absolute atomic E-state index is 14.1. The first kappa shape index (κ1) is 24.3. The number of hydrogen-bond donors (Lipinski definition) is 1. The number of sulfonamides is 1. The normalized spacial score (nSPS) is 11.8. The molecule has 2 rings (SSSR count). The van der Waals surface area contributed by atoms with Gasteiger partial charge >= 0.3 is 0 Å². The lowest BCUT2D eigenvalue weighted by molar-refractivity contribution is -0.121. The van der Waals surface area contributed by atoms with Crippen molar-refractivity contribution in [3.05, 3.63) is 64.9 Å². The summed E-state index contributed by atoms with van der Waals surface area (Å²) in [5, 5.41) is 3.07. The maximum atomic E-state index is 14.1. The molecule has 0 unspecified atom stereocenters. The summed E-state index contributed by atoms with van der Waals surface area (Å²) in [6, 6.07) is 11.5. The van der Waals surface area contributed by atoms with Gasteiger partial charge in [0.1, 0.15) is 5.82 Å². The van der Waals surface area contributed by atoms with E-state index in [1.54, 1.807) is 6.07 Å². The highest BCUT2D eigenvalue weighted by molar-refractivity contribution is 7.89. The molecule has 30 heavy (non-hydrogen) atoms. The minimum Gasteiger partial charge on any atom is -0.379 e. The highest BCUT2D eigenvalue weighted by Crippen LogP contribution is 2.21. The number of carbonyl (C=O) groups excluding carboxylic acids is 1. The molecule has 0 fully saturated rings. The zero-order valence-corrected chi connectivity index (χ0v) is 18.5. The van der Waals surface area contributed by atoms with Crippen molar-refractivity contribution >= 4 is 27.5 Å². The van der Waals surface area contributed by atoms with Crippen molar-refractivity contribution < 1.29 is 22.3 Å². The Morgan fingerprint density at radius 2 is 1.83 bits per heavy atom. The van der Waals surface area contributed by atoms with Crippen LogP contribution in [0.25, 0.3) is 0 Å². The molecule has 0 spiro atoms. The summed E-state index contributed by atoms with van der Waals surface area (Å²) in [5.41, 5.74) is 0.174. The van der Waals surface area contributed by atoms with Crippen LogP contribution in [0.15, 0.2) is 53.4 Å². The number of carbonyl (C=O) groups is 1. The van der Waals surface area contributed by atoms with Crippen LogP contribution < -0.4 is 5.32 Å². The largest absolute Gasteiger partial charge is 0.379 e. The average Bonchev–Trinajstić information content (AvgIpc) is 2.69. The molecule has 0 radical (unpaired) electrons. The van der Waals surface area contributed by atoms with Gasteiger partial charge in [-0.3, -0.25) is 4.79 Å². The van der Waals surface area contributed by atoms with Gasteiger partial charge in [-0.05, 0) is 50.6 Å². The second kappa shape index (κ2) is 11.4. The van der Waals surface area contributed by atoms with Crippen molar-refractivity contribution in [3.63, 3.8) is 0 Å². The Morgan fingerprint density at radius 3 is 2.47 bits per heavy atom. The van der Waals surface area contributed by atoms with Crippen LogP contribution in [0.3, 0.4) is 0 Å². The van der Waals surface area contributed by atoms with Gasteiger partial charge in [0, 0.05) is 30.3 Å². The van der Waals surface area contributed by atoms with E-state index in [-0.39, 0.29) is 23.1 Å². The molecule has 1 N–H and O–H groups in total. The highest BCUT2D eigenvalue weighted by atomic mass is 35.5. The minimum atomic E-state index is -4.05. The third-order valence-electron chi connectivity index (χ3n) is 4.17. The molecule has 164 valence electrons. The molecular weight excluding hydrogens is 431 g/mol. The Morgan fingerprint density at radius 1 is 1.17 bits per heavy atom. The van der Waals surface area contributed by atoms with Crippen LogP contribution in [-0.4, -0.2) is 44.4 Å². The molecule has 0 aliphatic carbocycles. The van der Waals surface area contributed by atoms with E-state index in [9.17, 15) is 17.6 Å². The van der Waals surface area contributed by atoms with Crippen LogP contribution >= 0.6 is 11.6 Å². The van der Waals surface area contributed by atoms with Gasteiger partial charge < -0.3 is 10.1 Å². The molecule has 0 saturated carbocycles. The zero-order chi connectivity index (χ0) is 22.1. The standard InChI is InChI=1S/C21H26ClFN2O4S/c1-16(2)29-13-5-12-24-21(26)15-25(14-17-6-3-4-7-20(17)23)30(27,28)19-10-8-18(22)9-11-19/h3-4,6-11,16H,5,12-15H2,1-2H3,(H,24,26). The highest BCUT2D eigenvalue weighted by Gasteiger charge is 2.27. The average molecular weight is 457 g/mol. The number of benzene rings is 2. The lowest BCUT2D eigenvalue weighted by atomic mass is 10.2. The van der Waals surface area contributed by atoms with E-state index in [2.05, 4.69) is 5.32 Å². The van der Waals surface area contributed by atoms with Gasteiger partial charge in [-0.1, -0.05) is 29.8 Å². The number of rotatable bonds is 11. The van der Waals surface area contributed by atoms with Gasteiger partial charge in [0.2, 0.25) is 15.9 Å². The first-order valence-electron chi connectivity index (χ1n) is 9.57. The second-order valence-electron chi connectivity index (χ2n) is 6.94. The van der Waals surface area contributed by atoms with Gasteiger partial charge in [-0.15, -0.1) is 0 Å². The molecule has 1 amide bonds. The van der Waals surface area contributed by atoms with E-state index in [1.165, 1.54) is 42.5 Å². The van der Waals surface area contributed by atoms with E-state index >= 15 is 0 Å². The number of amides is 1. The summed E-state index contributed by atoms with van der Waals surface area (Å²) < 4.78 is 46.7. The molecule has 0 aliphatic heterocycles. The van der Waals surface area contributed by atoms with Crippen LogP contribution in [0.2, 0.25) is 5.02 Å². The van der Waals surface area contributed by atoms with E-state index in [0.717, 1.165) is 4.31 Å². The fraction of sp³-hybridized carbons (Fsp3) is 0.381. The van der Waals surface area contributed by atoms with E-state index in [4.69, 9.17) is 16.3 Å². The summed E-state index contributed by atoms with van der Waals surface area (Å²) >= 11 is 5.85. The summed E-state index contributed by atoms with van der Waals surface area (Å²) in [7, 11) is -4.05. The molecule has 9 heteroatoms. The van der Waals surface area contributed by atoms with Gasteiger partial charge in [-0.2, -0.15) is 4.31 Å². The lowest BCUT2D eigenvalue weighted by Gasteiger charge is -2.22. The molecule has 0 heterocycles.